The molecule has 12 aromatic rings. The molecule has 0 radical (unpaired) electrons. The Morgan fingerprint density at radius 2 is 0.982 bits per heavy atom. The number of fused-ring (bicyclic) bond motifs is 10. The van der Waals surface area contributed by atoms with E-state index in [-0.39, 0.29) is 0 Å². The van der Waals surface area contributed by atoms with Crippen LogP contribution in [0.25, 0.3) is 115 Å². The van der Waals surface area contributed by atoms with Crippen LogP contribution in [0.2, 0.25) is 0 Å². The molecule has 266 valence electrons. The van der Waals surface area contributed by atoms with E-state index in [2.05, 4.69) is 180 Å². The monoisotopic (exact) mass is 746 g/mol. The molecular formula is C51H30N4OS. The number of rotatable bonds is 5. The van der Waals surface area contributed by atoms with Gasteiger partial charge in [-0.25, -0.2) is 15.0 Å². The molecule has 0 aliphatic carbocycles. The zero-order chi connectivity index (χ0) is 37.5. The summed E-state index contributed by atoms with van der Waals surface area (Å²) in [5, 5.41) is 6.94. The van der Waals surface area contributed by atoms with Crippen molar-refractivity contribution in [3.05, 3.63) is 182 Å². The van der Waals surface area contributed by atoms with Crippen molar-refractivity contribution < 1.29 is 4.42 Å². The van der Waals surface area contributed by atoms with Crippen LogP contribution in [0.15, 0.2) is 186 Å². The Labute approximate surface area is 330 Å². The molecule has 4 aromatic heterocycles. The Balaban J connectivity index is 1.09. The smallest absolute Gasteiger partial charge is 0.164 e. The average Bonchev–Trinajstić information content (AvgIpc) is 3.96. The maximum atomic E-state index is 6.58. The molecule has 5 nitrogen and oxygen atoms in total. The second kappa shape index (κ2) is 12.6. The normalized spacial score (nSPS) is 11.9. The van der Waals surface area contributed by atoms with Gasteiger partial charge >= 0.3 is 0 Å². The van der Waals surface area contributed by atoms with Gasteiger partial charge in [-0.1, -0.05) is 115 Å². The van der Waals surface area contributed by atoms with Crippen LogP contribution in [0.4, 0.5) is 0 Å². The average molecular weight is 747 g/mol. The summed E-state index contributed by atoms with van der Waals surface area (Å²) in [6, 6.07) is 63.7. The van der Waals surface area contributed by atoms with Crippen LogP contribution in [-0.2, 0) is 0 Å². The molecule has 0 spiro atoms. The Bertz CT molecular complexity index is 3530. The number of para-hydroxylation sites is 2. The fraction of sp³-hybridized carbons (Fsp3) is 0. The molecule has 8 aromatic carbocycles. The molecule has 0 amide bonds. The summed E-state index contributed by atoms with van der Waals surface area (Å²) in [7, 11) is 0. The van der Waals surface area contributed by atoms with E-state index >= 15 is 0 Å². The third-order valence-corrected chi connectivity index (χ3v) is 12.2. The van der Waals surface area contributed by atoms with Crippen molar-refractivity contribution in [3.8, 4) is 51.0 Å². The molecule has 0 aliphatic heterocycles. The fourth-order valence-electron chi connectivity index (χ4n) is 8.40. The minimum atomic E-state index is 0.601. The lowest BCUT2D eigenvalue weighted by Crippen LogP contribution is -2.00. The maximum Gasteiger partial charge on any atom is 0.164 e. The molecule has 6 heteroatoms. The Morgan fingerprint density at radius 3 is 1.81 bits per heavy atom. The van der Waals surface area contributed by atoms with Crippen molar-refractivity contribution in [1.82, 2.24) is 19.5 Å². The van der Waals surface area contributed by atoms with E-state index in [1.165, 1.54) is 30.9 Å². The van der Waals surface area contributed by atoms with Crippen molar-refractivity contribution in [3.63, 3.8) is 0 Å². The topological polar surface area (TPSA) is 56.7 Å². The molecule has 57 heavy (non-hydrogen) atoms. The SMILES string of the molecule is c1ccc(-c2cccc(-c3nc(-c4ccc5c(c4)sc4ccccc45)nc(-c4ccc5oc6ccc7c8ccccc8n(-c8ccccc8)c7c6c5c4)n3)c2)cc1. The zero-order valence-electron chi connectivity index (χ0n) is 30.4. The number of aromatic nitrogens is 4. The third-order valence-electron chi connectivity index (χ3n) is 11.0. The van der Waals surface area contributed by atoms with Crippen molar-refractivity contribution in [2.75, 3.05) is 0 Å². The molecule has 0 saturated carbocycles. The first-order chi connectivity index (χ1) is 28.2. The van der Waals surface area contributed by atoms with E-state index in [0.717, 1.165) is 66.5 Å². The Hall–Kier alpha value is -7.41. The summed E-state index contributed by atoms with van der Waals surface area (Å²) in [5.41, 5.74) is 10.0. The summed E-state index contributed by atoms with van der Waals surface area (Å²) in [6.45, 7) is 0. The van der Waals surface area contributed by atoms with Crippen molar-refractivity contribution in [2.45, 2.75) is 0 Å². The summed E-state index contributed by atoms with van der Waals surface area (Å²) in [4.78, 5) is 15.6. The number of hydrogen-bond donors (Lipinski definition) is 0. The summed E-state index contributed by atoms with van der Waals surface area (Å²) in [6.07, 6.45) is 0. The molecule has 0 aliphatic rings. The first-order valence-corrected chi connectivity index (χ1v) is 19.8. The summed E-state index contributed by atoms with van der Waals surface area (Å²) < 4.78 is 11.4. The van der Waals surface area contributed by atoms with Gasteiger partial charge in [0, 0.05) is 58.7 Å². The minimum Gasteiger partial charge on any atom is -0.456 e. The summed E-state index contributed by atoms with van der Waals surface area (Å²) in [5.74, 6) is 1.85. The lowest BCUT2D eigenvalue weighted by Gasteiger charge is -2.10. The molecule has 0 N–H and O–H groups in total. The molecule has 0 saturated heterocycles. The zero-order valence-corrected chi connectivity index (χ0v) is 31.2. The van der Waals surface area contributed by atoms with Crippen LogP contribution >= 0.6 is 11.3 Å². The quantitative estimate of drug-likeness (QED) is 0.176. The van der Waals surface area contributed by atoms with Crippen LogP contribution in [0, 0.1) is 0 Å². The van der Waals surface area contributed by atoms with Gasteiger partial charge in [-0.15, -0.1) is 11.3 Å². The second-order valence-corrected chi connectivity index (χ2v) is 15.5. The Morgan fingerprint density at radius 1 is 0.386 bits per heavy atom. The Kier molecular flexibility index (Phi) is 7.03. The molecule has 0 fully saturated rings. The number of nitrogens with zero attached hydrogens (tertiary/aromatic N) is 4. The second-order valence-electron chi connectivity index (χ2n) is 14.4. The molecule has 0 bridgehead atoms. The highest BCUT2D eigenvalue weighted by molar-refractivity contribution is 7.25. The van der Waals surface area contributed by atoms with Gasteiger partial charge in [0.2, 0.25) is 0 Å². The van der Waals surface area contributed by atoms with Gasteiger partial charge in [0.15, 0.2) is 17.5 Å². The molecule has 0 unspecified atom stereocenters. The van der Waals surface area contributed by atoms with Crippen LogP contribution in [0.3, 0.4) is 0 Å². The van der Waals surface area contributed by atoms with Gasteiger partial charge in [0.1, 0.15) is 11.2 Å². The minimum absolute atomic E-state index is 0.601. The van der Waals surface area contributed by atoms with Crippen LogP contribution in [-0.4, -0.2) is 19.5 Å². The predicted molar refractivity (Wildman–Crippen MR) is 236 cm³/mol. The highest BCUT2D eigenvalue weighted by atomic mass is 32.1. The lowest BCUT2D eigenvalue weighted by molar-refractivity contribution is 0.669. The van der Waals surface area contributed by atoms with Gasteiger partial charge < -0.3 is 8.98 Å². The van der Waals surface area contributed by atoms with E-state index in [0.29, 0.717) is 17.5 Å². The largest absolute Gasteiger partial charge is 0.456 e. The van der Waals surface area contributed by atoms with E-state index in [4.69, 9.17) is 19.4 Å². The fourth-order valence-corrected chi connectivity index (χ4v) is 9.54. The third kappa shape index (κ3) is 5.12. The summed E-state index contributed by atoms with van der Waals surface area (Å²) >= 11 is 1.79. The molecule has 12 rings (SSSR count). The number of thiophene rings is 1. The van der Waals surface area contributed by atoms with Crippen molar-refractivity contribution >= 4 is 75.3 Å². The molecule has 4 heterocycles. The van der Waals surface area contributed by atoms with Crippen LogP contribution in [0.1, 0.15) is 0 Å². The number of benzene rings is 8. The van der Waals surface area contributed by atoms with Gasteiger partial charge in [-0.2, -0.15) is 0 Å². The van der Waals surface area contributed by atoms with Gasteiger partial charge in [0.05, 0.1) is 16.4 Å². The highest BCUT2D eigenvalue weighted by Gasteiger charge is 2.21. The lowest BCUT2D eigenvalue weighted by atomic mass is 10.0. The van der Waals surface area contributed by atoms with E-state index in [9.17, 15) is 0 Å². The first-order valence-electron chi connectivity index (χ1n) is 19.0. The number of hydrogen-bond acceptors (Lipinski definition) is 5. The number of furan rings is 1. The van der Waals surface area contributed by atoms with Crippen LogP contribution < -0.4 is 0 Å². The van der Waals surface area contributed by atoms with Crippen molar-refractivity contribution in [2.24, 2.45) is 0 Å². The van der Waals surface area contributed by atoms with E-state index in [1.54, 1.807) is 11.3 Å². The van der Waals surface area contributed by atoms with E-state index < -0.39 is 0 Å². The predicted octanol–water partition coefficient (Wildman–Crippen LogP) is 13.9. The highest BCUT2D eigenvalue weighted by Crippen LogP contribution is 2.42. The maximum absolute atomic E-state index is 6.58. The van der Waals surface area contributed by atoms with E-state index in [1.807, 2.05) is 6.07 Å². The molecular weight excluding hydrogens is 717 g/mol. The van der Waals surface area contributed by atoms with Crippen LogP contribution in [0.5, 0.6) is 0 Å². The first kappa shape index (κ1) is 31.9. The van der Waals surface area contributed by atoms with Gasteiger partial charge in [-0.3, -0.25) is 0 Å². The standard InChI is InChI=1S/C51H30N4OS/c1-3-12-31(13-4-1)32-14-11-15-33(28-32)49-52-50(54-51(53-49)35-22-24-39-38-19-8-10-21-45(38)57-46(39)30-35)34-23-26-43-41(29-34)47-44(56-43)27-25-40-37-18-7-9-20-42(37)55(48(40)47)36-16-5-2-6-17-36/h1-30H. The van der Waals surface area contributed by atoms with Crippen molar-refractivity contribution in [1.29, 1.82) is 0 Å². The molecule has 0 atom stereocenters. The van der Waals surface area contributed by atoms with Gasteiger partial charge in [-0.05, 0) is 77.9 Å². The van der Waals surface area contributed by atoms with Gasteiger partial charge in [0.25, 0.3) is 0 Å².